The number of rotatable bonds is 6. The summed E-state index contributed by atoms with van der Waals surface area (Å²) >= 11 is 0. The Morgan fingerprint density at radius 3 is 2.11 bits per heavy atom. The van der Waals surface area contributed by atoms with Crippen LogP contribution in [-0.4, -0.2) is 98.5 Å². The lowest BCUT2D eigenvalue weighted by molar-refractivity contribution is -0.306. The normalized spacial score (nSPS) is 39.0. The number of hydrogen-bond acceptors (Lipinski definition) is 9. The van der Waals surface area contributed by atoms with Crippen LogP contribution in [0.3, 0.4) is 0 Å². The molecule has 0 saturated carbocycles. The summed E-state index contributed by atoms with van der Waals surface area (Å²) in [4.78, 5) is 0. The quantitative estimate of drug-likeness (QED) is 0.255. The molecule has 1 rings (SSSR count). The highest BCUT2D eigenvalue weighted by Gasteiger charge is 2.44. The highest BCUT2D eigenvalue weighted by atomic mass is 16.7. The van der Waals surface area contributed by atoms with Gasteiger partial charge in [0.1, 0.15) is 36.6 Å². The van der Waals surface area contributed by atoms with E-state index >= 15 is 0 Å². The van der Waals surface area contributed by atoms with Crippen LogP contribution < -0.4 is 0 Å². The summed E-state index contributed by atoms with van der Waals surface area (Å²) in [6, 6.07) is 0. The predicted molar refractivity (Wildman–Crippen MR) is 58.8 cm³/mol. The van der Waals surface area contributed by atoms with Gasteiger partial charge in [-0.25, -0.2) is 0 Å². The number of hydrogen-bond donors (Lipinski definition) is 7. The van der Waals surface area contributed by atoms with Gasteiger partial charge in [-0.15, -0.1) is 0 Å². The third-order valence-electron chi connectivity index (χ3n) is 2.91. The molecule has 114 valence electrons. The fourth-order valence-corrected chi connectivity index (χ4v) is 1.63. The smallest absolute Gasteiger partial charge is 0.186 e. The van der Waals surface area contributed by atoms with Crippen LogP contribution in [0.1, 0.15) is 0 Å². The summed E-state index contributed by atoms with van der Waals surface area (Å²) in [6.45, 7) is -1.73. The molecule has 9 heteroatoms. The van der Waals surface area contributed by atoms with E-state index in [1.165, 1.54) is 0 Å². The van der Waals surface area contributed by atoms with Crippen LogP contribution in [0.2, 0.25) is 0 Å². The Hall–Kier alpha value is -0.360. The van der Waals surface area contributed by atoms with E-state index in [0.29, 0.717) is 0 Å². The Morgan fingerprint density at radius 2 is 1.58 bits per heavy atom. The van der Waals surface area contributed by atoms with Crippen LogP contribution in [0, 0.1) is 0 Å². The first-order valence-electron chi connectivity index (χ1n) is 5.81. The molecule has 0 aromatic heterocycles. The van der Waals surface area contributed by atoms with Crippen LogP contribution >= 0.6 is 0 Å². The Balaban J connectivity index is 2.52. The maximum absolute atomic E-state index is 9.59. The average molecular weight is 284 g/mol. The molecule has 0 unspecified atom stereocenters. The summed E-state index contributed by atoms with van der Waals surface area (Å²) in [5.41, 5.74) is 0. The molecule has 0 spiro atoms. The molecular formula is C10H20O9. The van der Waals surface area contributed by atoms with Crippen molar-refractivity contribution >= 4 is 0 Å². The maximum Gasteiger partial charge on any atom is 0.186 e. The van der Waals surface area contributed by atoms with E-state index in [1.807, 2.05) is 0 Å². The Bertz CT molecular complexity index is 261. The average Bonchev–Trinajstić information content (AvgIpc) is 2.42. The van der Waals surface area contributed by atoms with Crippen LogP contribution in [-0.2, 0) is 9.47 Å². The van der Waals surface area contributed by atoms with Gasteiger partial charge < -0.3 is 45.2 Å². The minimum Gasteiger partial charge on any atom is -0.394 e. The van der Waals surface area contributed by atoms with E-state index in [0.717, 1.165) is 0 Å². The van der Waals surface area contributed by atoms with Gasteiger partial charge in [0.2, 0.25) is 0 Å². The zero-order valence-corrected chi connectivity index (χ0v) is 10.1. The molecule has 7 atom stereocenters. The zero-order valence-electron chi connectivity index (χ0n) is 10.1. The third kappa shape index (κ3) is 4.05. The molecule has 1 fully saturated rings. The van der Waals surface area contributed by atoms with Crippen molar-refractivity contribution < 1.29 is 45.2 Å². The molecule has 0 aliphatic carbocycles. The van der Waals surface area contributed by atoms with Crippen LogP contribution in [0.5, 0.6) is 0 Å². The van der Waals surface area contributed by atoms with Gasteiger partial charge in [0.05, 0.1) is 19.8 Å². The summed E-state index contributed by atoms with van der Waals surface area (Å²) in [7, 11) is 0. The van der Waals surface area contributed by atoms with E-state index in [1.54, 1.807) is 0 Å². The molecule has 0 bridgehead atoms. The number of aliphatic hydroxyl groups is 7. The van der Waals surface area contributed by atoms with Crippen LogP contribution in [0.4, 0.5) is 0 Å². The van der Waals surface area contributed by atoms with Crippen molar-refractivity contribution in [1.29, 1.82) is 0 Å². The molecular weight excluding hydrogens is 264 g/mol. The van der Waals surface area contributed by atoms with Crippen molar-refractivity contribution in [2.24, 2.45) is 0 Å². The van der Waals surface area contributed by atoms with Crippen molar-refractivity contribution in [2.45, 2.75) is 42.9 Å². The molecule has 0 amide bonds. The van der Waals surface area contributed by atoms with Crippen molar-refractivity contribution in [2.75, 3.05) is 19.8 Å². The lowest BCUT2D eigenvalue weighted by Gasteiger charge is -2.39. The molecule has 7 N–H and O–H groups in total. The summed E-state index contributed by atoms with van der Waals surface area (Å²) in [6.07, 6.45) is -9.94. The lowest BCUT2D eigenvalue weighted by Crippen LogP contribution is -2.59. The second-order valence-electron chi connectivity index (χ2n) is 4.35. The van der Waals surface area contributed by atoms with Crippen molar-refractivity contribution in [1.82, 2.24) is 0 Å². The van der Waals surface area contributed by atoms with Gasteiger partial charge in [-0.2, -0.15) is 0 Å². The van der Waals surface area contributed by atoms with E-state index in [9.17, 15) is 20.4 Å². The molecule has 0 radical (unpaired) electrons. The summed E-state index contributed by atoms with van der Waals surface area (Å²) < 4.78 is 9.96. The van der Waals surface area contributed by atoms with Crippen LogP contribution in [0.15, 0.2) is 0 Å². The Morgan fingerprint density at radius 1 is 0.947 bits per heavy atom. The summed E-state index contributed by atoms with van der Waals surface area (Å²) in [5.74, 6) is 0. The highest BCUT2D eigenvalue weighted by Crippen LogP contribution is 2.22. The monoisotopic (exact) mass is 284 g/mol. The van der Waals surface area contributed by atoms with Gasteiger partial charge in [-0.1, -0.05) is 0 Å². The highest BCUT2D eigenvalue weighted by molar-refractivity contribution is 4.89. The molecule has 9 nitrogen and oxygen atoms in total. The summed E-state index contributed by atoms with van der Waals surface area (Å²) in [5, 5.41) is 64.5. The van der Waals surface area contributed by atoms with E-state index < -0.39 is 62.7 Å². The second-order valence-corrected chi connectivity index (χ2v) is 4.35. The van der Waals surface area contributed by atoms with Crippen LogP contribution in [0.25, 0.3) is 0 Å². The molecule has 1 aliphatic rings. The minimum atomic E-state index is -1.57. The first-order valence-corrected chi connectivity index (χ1v) is 5.81. The van der Waals surface area contributed by atoms with Gasteiger partial charge in [0.25, 0.3) is 0 Å². The van der Waals surface area contributed by atoms with Crippen molar-refractivity contribution in [3.8, 4) is 0 Å². The predicted octanol–water partition coefficient (Wildman–Crippen LogP) is -4.48. The van der Waals surface area contributed by atoms with E-state index in [4.69, 9.17) is 24.8 Å². The molecule has 19 heavy (non-hydrogen) atoms. The standard InChI is InChI=1S/C10H20O9/c11-1-4(13)5(14)3-18-10-9(17)8(16)7(15)6(2-12)19-10/h4-17H,1-3H2/t4-,5+,6+,7+,8-,9+,10+/m0/s1. The molecule has 1 saturated heterocycles. The number of ether oxygens (including phenoxy) is 2. The SMILES string of the molecule is OC[C@H](O)[C@H](O)CO[C@@H]1O[C@H](CO)[C@@H](O)[C@H](O)[C@H]1O. The molecule has 1 heterocycles. The molecule has 0 aromatic rings. The van der Waals surface area contributed by atoms with Gasteiger partial charge in [-0.3, -0.25) is 0 Å². The third-order valence-corrected chi connectivity index (χ3v) is 2.91. The minimum absolute atomic E-state index is 0.468. The van der Waals surface area contributed by atoms with Gasteiger partial charge in [0, 0.05) is 0 Å². The van der Waals surface area contributed by atoms with Crippen molar-refractivity contribution in [3.63, 3.8) is 0 Å². The van der Waals surface area contributed by atoms with Gasteiger partial charge >= 0.3 is 0 Å². The first-order chi connectivity index (χ1) is 8.92. The van der Waals surface area contributed by atoms with Gasteiger partial charge in [-0.05, 0) is 0 Å². The fraction of sp³-hybridized carbons (Fsp3) is 1.00. The molecule has 0 aromatic carbocycles. The van der Waals surface area contributed by atoms with Gasteiger partial charge in [0.15, 0.2) is 6.29 Å². The first kappa shape index (κ1) is 16.7. The number of aliphatic hydroxyl groups excluding tert-OH is 7. The maximum atomic E-state index is 9.59. The zero-order chi connectivity index (χ0) is 14.6. The topological polar surface area (TPSA) is 160 Å². The Kier molecular flexibility index (Phi) is 6.53. The largest absolute Gasteiger partial charge is 0.394 e. The Labute approximate surface area is 109 Å². The second kappa shape index (κ2) is 7.43. The molecule has 1 aliphatic heterocycles. The van der Waals surface area contributed by atoms with Crippen molar-refractivity contribution in [3.05, 3.63) is 0 Å². The fourth-order valence-electron chi connectivity index (χ4n) is 1.63. The van der Waals surface area contributed by atoms with E-state index in [2.05, 4.69) is 0 Å². The van der Waals surface area contributed by atoms with E-state index in [-0.39, 0.29) is 0 Å². The lowest BCUT2D eigenvalue weighted by atomic mass is 9.99.